The van der Waals surface area contributed by atoms with E-state index < -0.39 is 15.6 Å². The summed E-state index contributed by atoms with van der Waals surface area (Å²) in [4.78, 5) is 0.197. The smallest absolute Gasteiger partial charge is 0.256 e. The van der Waals surface area contributed by atoms with Crippen LogP contribution in [0.1, 0.15) is 32.6 Å². The van der Waals surface area contributed by atoms with Gasteiger partial charge in [0, 0.05) is 6.04 Å². The maximum absolute atomic E-state index is 12.3. The number of benzene rings is 1. The Hall–Kier alpha value is -0.620. The van der Waals surface area contributed by atoms with Crippen molar-refractivity contribution in [2.45, 2.75) is 49.1 Å². The van der Waals surface area contributed by atoms with Gasteiger partial charge < -0.3 is 5.11 Å². The molecular formula is C13H18ClNO3S. The van der Waals surface area contributed by atoms with Crippen LogP contribution in [0.5, 0.6) is 0 Å². The molecule has 106 valence electrons. The number of rotatable bonds is 3. The maximum Gasteiger partial charge on any atom is 0.256 e. The Morgan fingerprint density at radius 3 is 2.32 bits per heavy atom. The van der Waals surface area contributed by atoms with Gasteiger partial charge in [0.05, 0.1) is 10.5 Å². The van der Waals surface area contributed by atoms with Gasteiger partial charge in [-0.05, 0) is 56.5 Å². The molecule has 1 N–H and O–H groups in total. The summed E-state index contributed by atoms with van der Waals surface area (Å²) in [5, 5.41) is 9.88. The summed E-state index contributed by atoms with van der Waals surface area (Å²) in [6, 6.07) is 7.90. The number of nitrogens with zero attached hydrogens (tertiary/aromatic N) is 1. The summed E-state index contributed by atoms with van der Waals surface area (Å²) in [5.74, 6) is 0. The molecule has 6 heteroatoms. The van der Waals surface area contributed by atoms with Gasteiger partial charge in [-0.15, -0.1) is 3.82 Å². The average Bonchev–Trinajstić information content (AvgIpc) is 2.39. The fourth-order valence-corrected chi connectivity index (χ4v) is 4.06. The van der Waals surface area contributed by atoms with E-state index in [2.05, 4.69) is 0 Å². The van der Waals surface area contributed by atoms with E-state index in [1.54, 1.807) is 25.1 Å². The molecule has 19 heavy (non-hydrogen) atoms. The van der Waals surface area contributed by atoms with Crippen LogP contribution in [0.3, 0.4) is 0 Å². The minimum absolute atomic E-state index is 0.197. The van der Waals surface area contributed by atoms with E-state index in [1.165, 1.54) is 12.1 Å². The van der Waals surface area contributed by atoms with Crippen LogP contribution >= 0.6 is 11.8 Å². The lowest BCUT2D eigenvalue weighted by atomic mass is 9.84. The monoisotopic (exact) mass is 303 g/mol. The highest BCUT2D eigenvalue weighted by molar-refractivity contribution is 7.90. The molecule has 0 heterocycles. The highest BCUT2D eigenvalue weighted by Gasteiger charge is 2.36. The minimum atomic E-state index is -3.66. The molecule has 1 aromatic rings. The van der Waals surface area contributed by atoms with Crippen molar-refractivity contribution in [1.82, 2.24) is 3.82 Å². The third kappa shape index (κ3) is 3.28. The second-order valence-electron chi connectivity index (χ2n) is 5.29. The highest BCUT2D eigenvalue weighted by atomic mass is 35.5. The standard InChI is InChI=1S/C13H18ClNO3S/c1-13(16)9-7-11(8-10-13)15(14)19(17,18)12-5-3-2-4-6-12/h2-6,11,16H,7-10H2,1H3. The Labute approximate surface area is 119 Å². The van der Waals surface area contributed by atoms with Gasteiger partial charge in [-0.2, -0.15) is 0 Å². The molecule has 1 saturated carbocycles. The Kier molecular flexibility index (Phi) is 4.20. The van der Waals surface area contributed by atoms with Crippen LogP contribution < -0.4 is 0 Å². The fourth-order valence-electron chi connectivity index (χ4n) is 2.32. The summed E-state index contributed by atoms with van der Waals surface area (Å²) >= 11 is 6.04. The van der Waals surface area contributed by atoms with E-state index in [1.807, 2.05) is 0 Å². The van der Waals surface area contributed by atoms with Crippen LogP contribution in [0.15, 0.2) is 35.2 Å². The number of hydrogen-bond acceptors (Lipinski definition) is 3. The third-order valence-corrected chi connectivity index (χ3v) is 6.04. The molecule has 0 aliphatic heterocycles. The molecular weight excluding hydrogens is 286 g/mol. The summed E-state index contributed by atoms with van der Waals surface area (Å²) in [7, 11) is -3.66. The lowest BCUT2D eigenvalue weighted by molar-refractivity contribution is 0.0112. The normalized spacial score (nSPS) is 28.5. The minimum Gasteiger partial charge on any atom is -0.390 e. The Morgan fingerprint density at radius 1 is 1.26 bits per heavy atom. The zero-order valence-corrected chi connectivity index (χ0v) is 12.4. The largest absolute Gasteiger partial charge is 0.390 e. The van der Waals surface area contributed by atoms with Crippen molar-refractivity contribution in [3.05, 3.63) is 30.3 Å². The number of sulfonamides is 1. The molecule has 0 amide bonds. The van der Waals surface area contributed by atoms with Gasteiger partial charge >= 0.3 is 0 Å². The molecule has 1 aliphatic carbocycles. The Bertz CT molecular complexity index is 520. The van der Waals surface area contributed by atoms with Gasteiger partial charge in [-0.3, -0.25) is 0 Å². The molecule has 0 bridgehead atoms. The van der Waals surface area contributed by atoms with Gasteiger partial charge in [-0.25, -0.2) is 8.42 Å². The van der Waals surface area contributed by atoms with Crippen molar-refractivity contribution < 1.29 is 13.5 Å². The highest BCUT2D eigenvalue weighted by Crippen LogP contribution is 2.33. The van der Waals surface area contributed by atoms with Crippen LogP contribution in [0.4, 0.5) is 0 Å². The second kappa shape index (κ2) is 5.40. The number of halogens is 1. The number of aliphatic hydroxyl groups is 1. The first-order valence-electron chi connectivity index (χ1n) is 6.31. The third-order valence-electron chi connectivity index (χ3n) is 3.59. The van der Waals surface area contributed by atoms with Gasteiger partial charge in [0.25, 0.3) is 10.0 Å². The van der Waals surface area contributed by atoms with Gasteiger partial charge in [-0.1, -0.05) is 18.2 Å². The van der Waals surface area contributed by atoms with E-state index in [4.69, 9.17) is 11.8 Å². The summed E-state index contributed by atoms with van der Waals surface area (Å²) < 4.78 is 25.6. The quantitative estimate of drug-likeness (QED) is 0.873. The zero-order chi connectivity index (χ0) is 14.1. The lowest BCUT2D eigenvalue weighted by Crippen LogP contribution is -2.40. The van der Waals surface area contributed by atoms with Gasteiger partial charge in [0.2, 0.25) is 0 Å². The second-order valence-corrected chi connectivity index (χ2v) is 7.67. The van der Waals surface area contributed by atoms with Crippen molar-refractivity contribution in [1.29, 1.82) is 0 Å². The summed E-state index contributed by atoms with van der Waals surface area (Å²) in [5.41, 5.74) is -0.704. The van der Waals surface area contributed by atoms with Crippen LogP contribution in [0.2, 0.25) is 0 Å². The summed E-state index contributed by atoms with van der Waals surface area (Å²) in [6.45, 7) is 1.77. The number of hydrogen-bond donors (Lipinski definition) is 1. The molecule has 4 nitrogen and oxygen atoms in total. The maximum atomic E-state index is 12.3. The Morgan fingerprint density at radius 2 is 1.79 bits per heavy atom. The molecule has 0 unspecified atom stereocenters. The topological polar surface area (TPSA) is 57.6 Å². The molecule has 0 radical (unpaired) electrons. The zero-order valence-electron chi connectivity index (χ0n) is 10.8. The van der Waals surface area contributed by atoms with E-state index in [9.17, 15) is 13.5 Å². The first-order valence-corrected chi connectivity index (χ1v) is 8.08. The fraction of sp³-hybridized carbons (Fsp3) is 0.538. The predicted molar refractivity (Wildman–Crippen MR) is 74.2 cm³/mol. The van der Waals surface area contributed by atoms with Crippen LogP contribution in [-0.4, -0.2) is 29.0 Å². The molecule has 2 rings (SSSR count). The molecule has 0 spiro atoms. The molecule has 1 aliphatic rings. The lowest BCUT2D eigenvalue weighted by Gasteiger charge is -2.35. The molecule has 1 aromatic carbocycles. The van der Waals surface area contributed by atoms with Crippen molar-refractivity contribution in [2.75, 3.05) is 0 Å². The van der Waals surface area contributed by atoms with Crippen LogP contribution in [-0.2, 0) is 10.0 Å². The molecule has 0 atom stereocenters. The molecule has 1 fully saturated rings. The van der Waals surface area contributed by atoms with Gasteiger partial charge in [0.1, 0.15) is 0 Å². The predicted octanol–water partition coefficient (Wildman–Crippen LogP) is 2.52. The first-order chi connectivity index (χ1) is 8.83. The van der Waals surface area contributed by atoms with E-state index >= 15 is 0 Å². The van der Waals surface area contributed by atoms with Crippen molar-refractivity contribution in [3.63, 3.8) is 0 Å². The van der Waals surface area contributed by atoms with E-state index in [0.29, 0.717) is 25.7 Å². The van der Waals surface area contributed by atoms with E-state index in [-0.39, 0.29) is 10.9 Å². The SMILES string of the molecule is CC1(O)CCC(N(Cl)S(=O)(=O)c2ccccc2)CC1. The van der Waals surface area contributed by atoms with E-state index in [0.717, 1.165) is 3.82 Å². The molecule has 0 saturated heterocycles. The van der Waals surface area contributed by atoms with Crippen LogP contribution in [0, 0.1) is 0 Å². The molecule has 0 aromatic heterocycles. The van der Waals surface area contributed by atoms with Crippen molar-refractivity contribution in [3.8, 4) is 0 Å². The van der Waals surface area contributed by atoms with Gasteiger partial charge in [0.15, 0.2) is 0 Å². The van der Waals surface area contributed by atoms with Crippen LogP contribution in [0.25, 0.3) is 0 Å². The average molecular weight is 304 g/mol. The Balaban J connectivity index is 2.14. The van der Waals surface area contributed by atoms with Crippen molar-refractivity contribution in [2.24, 2.45) is 0 Å². The summed E-state index contributed by atoms with van der Waals surface area (Å²) in [6.07, 6.45) is 2.27. The van der Waals surface area contributed by atoms with Crippen molar-refractivity contribution >= 4 is 21.8 Å². The first kappa shape index (κ1) is 14.8.